The van der Waals surface area contributed by atoms with Gasteiger partial charge in [0.25, 0.3) is 0 Å². The van der Waals surface area contributed by atoms with E-state index in [9.17, 15) is 4.79 Å². The molecule has 3 nitrogen and oxygen atoms in total. The maximum absolute atomic E-state index is 12.7. The lowest BCUT2D eigenvalue weighted by molar-refractivity contribution is -0.127. The molecule has 1 unspecified atom stereocenters. The maximum Gasteiger partial charge on any atom is 0.242 e. The second-order valence-electron chi connectivity index (χ2n) is 6.05. The Balaban J connectivity index is 1.75. The molecule has 1 heterocycles. The van der Waals surface area contributed by atoms with Crippen molar-refractivity contribution in [3.63, 3.8) is 0 Å². The van der Waals surface area contributed by atoms with Crippen LogP contribution in [-0.2, 0) is 4.79 Å². The van der Waals surface area contributed by atoms with E-state index in [4.69, 9.17) is 0 Å². The Bertz CT molecular complexity index is 434. The van der Waals surface area contributed by atoms with Crippen LogP contribution in [0.25, 0.3) is 0 Å². The van der Waals surface area contributed by atoms with Crippen LogP contribution in [0.5, 0.6) is 0 Å². The van der Waals surface area contributed by atoms with E-state index in [1.54, 1.807) is 0 Å². The summed E-state index contributed by atoms with van der Waals surface area (Å²) in [6, 6.07) is 10.5. The van der Waals surface area contributed by atoms with Gasteiger partial charge >= 0.3 is 0 Å². The van der Waals surface area contributed by atoms with Crippen LogP contribution in [0.4, 0.5) is 0 Å². The number of carbonyl (C=O) groups excluding carboxylic acids is 1. The largest absolute Gasteiger partial charge is 0.352 e. The van der Waals surface area contributed by atoms with Gasteiger partial charge in [0, 0.05) is 6.04 Å². The molecule has 0 radical (unpaired) electrons. The van der Waals surface area contributed by atoms with Gasteiger partial charge < -0.3 is 5.32 Å². The Hall–Kier alpha value is -1.35. The molecule has 1 aliphatic carbocycles. The monoisotopic (exact) mass is 272 g/mol. The fraction of sp³-hybridized carbons (Fsp3) is 0.588. The van der Waals surface area contributed by atoms with E-state index in [1.165, 1.54) is 25.7 Å². The molecule has 108 valence electrons. The first-order valence-electron chi connectivity index (χ1n) is 7.94. The van der Waals surface area contributed by atoms with Gasteiger partial charge in [0.05, 0.1) is 0 Å². The van der Waals surface area contributed by atoms with E-state index in [2.05, 4.69) is 22.3 Å². The summed E-state index contributed by atoms with van der Waals surface area (Å²) < 4.78 is 0. The van der Waals surface area contributed by atoms with Gasteiger partial charge in [-0.25, -0.2) is 0 Å². The Kier molecular flexibility index (Phi) is 4.36. The molecule has 0 aromatic heterocycles. The molecule has 0 spiro atoms. The van der Waals surface area contributed by atoms with E-state index < -0.39 is 0 Å². The third kappa shape index (κ3) is 3.04. The molecule has 1 atom stereocenters. The van der Waals surface area contributed by atoms with Gasteiger partial charge in [-0.15, -0.1) is 0 Å². The van der Waals surface area contributed by atoms with Crippen molar-refractivity contribution in [1.82, 2.24) is 10.2 Å². The molecule has 1 N–H and O–H groups in total. The molecule has 2 aliphatic rings. The number of nitrogens with zero attached hydrogens (tertiary/aromatic N) is 1. The Labute approximate surface area is 121 Å². The summed E-state index contributed by atoms with van der Waals surface area (Å²) in [6.45, 7) is 2.08. The number of rotatable bonds is 4. The molecule has 3 heteroatoms. The van der Waals surface area contributed by atoms with Crippen molar-refractivity contribution >= 4 is 5.91 Å². The molecule has 1 saturated carbocycles. The fourth-order valence-electron chi connectivity index (χ4n) is 3.51. The van der Waals surface area contributed by atoms with Gasteiger partial charge in [0.2, 0.25) is 5.91 Å². The Morgan fingerprint density at radius 1 is 1.05 bits per heavy atom. The van der Waals surface area contributed by atoms with Crippen LogP contribution in [0.1, 0.15) is 50.1 Å². The van der Waals surface area contributed by atoms with Crippen LogP contribution < -0.4 is 5.32 Å². The molecule has 1 aromatic carbocycles. The van der Waals surface area contributed by atoms with Gasteiger partial charge in [-0.05, 0) is 44.3 Å². The van der Waals surface area contributed by atoms with Crippen molar-refractivity contribution in [1.29, 1.82) is 0 Å². The van der Waals surface area contributed by atoms with Crippen LogP contribution >= 0.6 is 0 Å². The number of hydrogen-bond acceptors (Lipinski definition) is 2. The normalized spacial score (nSPS) is 22.0. The number of carbonyl (C=O) groups is 1. The van der Waals surface area contributed by atoms with Crippen molar-refractivity contribution in [2.24, 2.45) is 0 Å². The summed E-state index contributed by atoms with van der Waals surface area (Å²) in [5, 5.41) is 3.27. The molecule has 1 aliphatic heterocycles. The summed E-state index contributed by atoms with van der Waals surface area (Å²) in [5.41, 5.74) is 1.13. The molecule has 2 fully saturated rings. The molecule has 1 aromatic rings. The lowest BCUT2D eigenvalue weighted by atomic mass is 10.0. The van der Waals surface area contributed by atoms with E-state index in [1.807, 2.05) is 18.2 Å². The summed E-state index contributed by atoms with van der Waals surface area (Å²) in [5.74, 6) is 0.199. The minimum Gasteiger partial charge on any atom is -0.352 e. The molecule has 1 amide bonds. The van der Waals surface area contributed by atoms with E-state index in [-0.39, 0.29) is 11.9 Å². The van der Waals surface area contributed by atoms with Crippen molar-refractivity contribution in [3.8, 4) is 0 Å². The first kappa shape index (κ1) is 13.6. The molecule has 1 saturated heterocycles. The lowest BCUT2D eigenvalue weighted by Crippen LogP contribution is -2.42. The molecular weight excluding hydrogens is 248 g/mol. The fourth-order valence-corrected chi connectivity index (χ4v) is 3.51. The SMILES string of the molecule is O=C(NC1CCCC1)C(c1ccccc1)N1CCCC1. The van der Waals surface area contributed by atoms with E-state index in [0.29, 0.717) is 6.04 Å². The van der Waals surface area contributed by atoms with Crippen molar-refractivity contribution in [2.45, 2.75) is 50.6 Å². The average molecular weight is 272 g/mol. The van der Waals surface area contributed by atoms with Crippen LogP contribution in [0.3, 0.4) is 0 Å². The van der Waals surface area contributed by atoms with Gasteiger partial charge in [-0.2, -0.15) is 0 Å². The van der Waals surface area contributed by atoms with Crippen molar-refractivity contribution < 1.29 is 4.79 Å². The quantitative estimate of drug-likeness (QED) is 0.914. The van der Waals surface area contributed by atoms with Crippen LogP contribution in [0.2, 0.25) is 0 Å². The third-order valence-corrected chi connectivity index (χ3v) is 4.57. The minimum absolute atomic E-state index is 0.0979. The van der Waals surface area contributed by atoms with Crippen LogP contribution in [-0.4, -0.2) is 29.9 Å². The Morgan fingerprint density at radius 3 is 2.35 bits per heavy atom. The van der Waals surface area contributed by atoms with Gasteiger partial charge in [-0.1, -0.05) is 43.2 Å². The van der Waals surface area contributed by atoms with E-state index in [0.717, 1.165) is 31.5 Å². The lowest BCUT2D eigenvalue weighted by Gasteiger charge is -2.28. The third-order valence-electron chi connectivity index (χ3n) is 4.57. The Morgan fingerprint density at radius 2 is 1.70 bits per heavy atom. The number of benzene rings is 1. The number of amides is 1. The second kappa shape index (κ2) is 6.40. The molecule has 20 heavy (non-hydrogen) atoms. The summed E-state index contributed by atoms with van der Waals surface area (Å²) in [7, 11) is 0. The zero-order valence-electron chi connectivity index (χ0n) is 12.1. The second-order valence-corrected chi connectivity index (χ2v) is 6.05. The summed E-state index contributed by atoms with van der Waals surface area (Å²) in [4.78, 5) is 15.1. The highest BCUT2D eigenvalue weighted by molar-refractivity contribution is 5.83. The summed E-state index contributed by atoms with van der Waals surface area (Å²) in [6.07, 6.45) is 7.22. The number of likely N-dealkylation sites (tertiary alicyclic amines) is 1. The zero-order chi connectivity index (χ0) is 13.8. The van der Waals surface area contributed by atoms with E-state index >= 15 is 0 Å². The average Bonchev–Trinajstić information content (AvgIpc) is 3.14. The number of nitrogens with one attached hydrogen (secondary N) is 1. The highest BCUT2D eigenvalue weighted by atomic mass is 16.2. The predicted molar refractivity (Wildman–Crippen MR) is 80.4 cm³/mol. The minimum atomic E-state index is -0.0979. The maximum atomic E-state index is 12.7. The highest BCUT2D eigenvalue weighted by Gasteiger charge is 2.31. The molecular formula is C17H24N2O. The standard InChI is InChI=1S/C17H24N2O/c20-17(18-15-10-4-5-11-15)16(19-12-6-7-13-19)14-8-2-1-3-9-14/h1-3,8-9,15-16H,4-7,10-13H2,(H,18,20). The zero-order valence-corrected chi connectivity index (χ0v) is 12.1. The topological polar surface area (TPSA) is 32.3 Å². The molecule has 3 rings (SSSR count). The number of hydrogen-bond donors (Lipinski definition) is 1. The first-order valence-corrected chi connectivity index (χ1v) is 7.94. The smallest absolute Gasteiger partial charge is 0.242 e. The highest BCUT2D eigenvalue weighted by Crippen LogP contribution is 2.26. The van der Waals surface area contributed by atoms with Gasteiger partial charge in [-0.3, -0.25) is 9.69 Å². The van der Waals surface area contributed by atoms with Gasteiger partial charge in [0.1, 0.15) is 6.04 Å². The predicted octanol–water partition coefficient (Wildman–Crippen LogP) is 2.88. The van der Waals surface area contributed by atoms with Crippen molar-refractivity contribution in [3.05, 3.63) is 35.9 Å². The van der Waals surface area contributed by atoms with Crippen LogP contribution in [0.15, 0.2) is 30.3 Å². The summed E-state index contributed by atoms with van der Waals surface area (Å²) >= 11 is 0. The first-order chi connectivity index (χ1) is 9.84. The van der Waals surface area contributed by atoms with Crippen molar-refractivity contribution in [2.75, 3.05) is 13.1 Å². The van der Waals surface area contributed by atoms with Crippen LogP contribution in [0, 0.1) is 0 Å². The molecule has 0 bridgehead atoms. The van der Waals surface area contributed by atoms with Gasteiger partial charge in [0.15, 0.2) is 0 Å².